The summed E-state index contributed by atoms with van der Waals surface area (Å²) in [6.07, 6.45) is 1.51. The van der Waals surface area contributed by atoms with E-state index in [-0.39, 0.29) is 32.4 Å². The molecule has 232 valence electrons. The lowest BCUT2D eigenvalue weighted by molar-refractivity contribution is -0.173. The minimum atomic E-state index is -1.01. The molecule has 8 nitrogen and oxygen atoms in total. The summed E-state index contributed by atoms with van der Waals surface area (Å²) in [5, 5.41) is 1.69. The highest BCUT2D eigenvalue weighted by atomic mass is 16.6. The molecule has 4 aromatic rings. The molecule has 2 bridgehead atoms. The van der Waals surface area contributed by atoms with Gasteiger partial charge in [0.25, 0.3) is 0 Å². The van der Waals surface area contributed by atoms with E-state index in [1.807, 2.05) is 60.7 Å². The minimum absolute atomic E-state index is 0.0543. The fourth-order valence-corrected chi connectivity index (χ4v) is 6.95. The average Bonchev–Trinajstić information content (AvgIpc) is 3.08. The predicted molar refractivity (Wildman–Crippen MR) is 168 cm³/mol. The van der Waals surface area contributed by atoms with Gasteiger partial charge in [0.1, 0.15) is 49.1 Å². The van der Waals surface area contributed by atoms with Crippen LogP contribution in [0.4, 0.5) is 0 Å². The van der Waals surface area contributed by atoms with Crippen molar-refractivity contribution in [3.63, 3.8) is 0 Å². The van der Waals surface area contributed by atoms with Crippen LogP contribution in [0.2, 0.25) is 0 Å². The second-order valence-electron chi connectivity index (χ2n) is 11.2. The standard InChI is InChI=1S/C37H36O8/c1-5-34(38)44-20-18-42-32-16-17-33(26-11-7-6-10-25(26)32)43-19-21-45-35(39)31-23-36(40-3)27-12-8-9-13-28(27)37(31,41-4)29-15-14-24(2)22-30(29)36/h5-17,22,31H,1,18-21,23H2,2-4H3. The lowest BCUT2D eigenvalue weighted by Gasteiger charge is -2.56. The number of rotatable bonds is 12. The number of esters is 2. The molecule has 45 heavy (non-hydrogen) atoms. The molecule has 0 aliphatic heterocycles. The Morgan fingerprint density at radius 1 is 0.756 bits per heavy atom. The molecule has 3 aliphatic rings. The summed E-state index contributed by atoms with van der Waals surface area (Å²) < 4.78 is 35.5. The fourth-order valence-electron chi connectivity index (χ4n) is 6.95. The van der Waals surface area contributed by atoms with Gasteiger partial charge in [0.15, 0.2) is 0 Å². The molecule has 4 aromatic carbocycles. The van der Waals surface area contributed by atoms with Crippen LogP contribution < -0.4 is 9.47 Å². The van der Waals surface area contributed by atoms with E-state index < -0.39 is 23.1 Å². The van der Waals surface area contributed by atoms with Gasteiger partial charge in [0.2, 0.25) is 0 Å². The van der Waals surface area contributed by atoms with Crippen molar-refractivity contribution in [2.75, 3.05) is 40.6 Å². The van der Waals surface area contributed by atoms with Crippen molar-refractivity contribution >= 4 is 22.7 Å². The van der Waals surface area contributed by atoms with Crippen LogP contribution in [0.1, 0.15) is 34.2 Å². The molecule has 0 aromatic heterocycles. The SMILES string of the molecule is C=CC(=O)OCCOc1ccc(OCCOC(=O)C2CC3(OC)c4ccccc4C2(OC)c2ccc(C)cc23)c2ccccc12. The first kappa shape index (κ1) is 30.4. The van der Waals surface area contributed by atoms with Crippen LogP contribution in [0.25, 0.3) is 10.8 Å². The van der Waals surface area contributed by atoms with Crippen LogP contribution in [-0.4, -0.2) is 52.6 Å². The summed E-state index contributed by atoms with van der Waals surface area (Å²) in [6.45, 7) is 5.95. The first-order valence-corrected chi connectivity index (χ1v) is 14.9. The van der Waals surface area contributed by atoms with Crippen molar-refractivity contribution < 1.29 is 38.0 Å². The summed E-state index contributed by atoms with van der Waals surface area (Å²) in [5.41, 5.74) is 3.18. The van der Waals surface area contributed by atoms with Crippen LogP contribution in [-0.2, 0) is 39.7 Å². The van der Waals surface area contributed by atoms with Gasteiger partial charge in [-0.2, -0.15) is 0 Å². The van der Waals surface area contributed by atoms with Crippen molar-refractivity contribution in [3.8, 4) is 11.5 Å². The van der Waals surface area contributed by atoms with E-state index in [1.54, 1.807) is 20.3 Å². The molecule has 0 amide bonds. The first-order valence-electron chi connectivity index (χ1n) is 14.9. The third kappa shape index (κ3) is 5.04. The number of hydrogen-bond acceptors (Lipinski definition) is 8. The highest BCUT2D eigenvalue weighted by Crippen LogP contribution is 2.62. The fraction of sp³-hybridized carbons (Fsp3) is 0.297. The molecule has 0 heterocycles. The lowest BCUT2D eigenvalue weighted by Crippen LogP contribution is -2.58. The van der Waals surface area contributed by atoms with Crippen LogP contribution in [0.15, 0.2) is 91.5 Å². The van der Waals surface area contributed by atoms with Gasteiger partial charge in [-0.05, 0) is 41.3 Å². The maximum absolute atomic E-state index is 13.9. The van der Waals surface area contributed by atoms with Crippen LogP contribution in [0, 0.1) is 12.8 Å². The van der Waals surface area contributed by atoms with Crippen LogP contribution in [0.3, 0.4) is 0 Å². The molecular formula is C37H36O8. The Labute approximate surface area is 262 Å². The van der Waals surface area contributed by atoms with E-state index in [4.69, 9.17) is 28.4 Å². The van der Waals surface area contributed by atoms with Gasteiger partial charge in [0, 0.05) is 37.5 Å². The molecule has 3 atom stereocenters. The zero-order valence-electron chi connectivity index (χ0n) is 25.7. The van der Waals surface area contributed by atoms with Crippen molar-refractivity contribution in [1.29, 1.82) is 0 Å². The third-order valence-corrected chi connectivity index (χ3v) is 8.89. The van der Waals surface area contributed by atoms with Gasteiger partial charge >= 0.3 is 11.9 Å². The molecule has 3 aliphatic carbocycles. The van der Waals surface area contributed by atoms with E-state index in [9.17, 15) is 9.59 Å². The van der Waals surface area contributed by atoms with E-state index in [2.05, 4.69) is 25.6 Å². The van der Waals surface area contributed by atoms with Gasteiger partial charge in [-0.1, -0.05) is 78.9 Å². The van der Waals surface area contributed by atoms with Gasteiger partial charge in [-0.25, -0.2) is 4.79 Å². The summed E-state index contributed by atoms with van der Waals surface area (Å²) >= 11 is 0. The Morgan fingerprint density at radius 3 is 1.98 bits per heavy atom. The van der Waals surface area contributed by atoms with Gasteiger partial charge in [-0.3, -0.25) is 4.79 Å². The number of fused-ring (bicyclic) bond motifs is 2. The molecule has 0 N–H and O–H groups in total. The normalized spacial score (nSPS) is 21.0. The number of benzene rings is 4. The van der Waals surface area contributed by atoms with Crippen molar-refractivity contribution in [2.45, 2.75) is 24.5 Å². The molecule has 7 rings (SSSR count). The highest BCUT2D eigenvalue weighted by molar-refractivity contribution is 5.93. The summed E-state index contributed by atoms with van der Waals surface area (Å²) in [6, 6.07) is 25.6. The number of ether oxygens (including phenoxy) is 6. The molecule has 0 spiro atoms. The molecule has 0 fully saturated rings. The number of aryl methyl sites for hydroxylation is 1. The predicted octanol–water partition coefficient (Wildman–Crippen LogP) is 5.99. The smallest absolute Gasteiger partial charge is 0.330 e. The summed E-state index contributed by atoms with van der Waals surface area (Å²) in [7, 11) is 3.35. The van der Waals surface area contributed by atoms with Crippen molar-refractivity contribution in [2.24, 2.45) is 5.92 Å². The Morgan fingerprint density at radius 2 is 1.36 bits per heavy atom. The number of carbonyl (C=O) groups excluding carboxylic acids is 2. The second-order valence-corrected chi connectivity index (χ2v) is 11.2. The first-order chi connectivity index (χ1) is 21.9. The molecular weight excluding hydrogens is 572 g/mol. The quantitative estimate of drug-likeness (QED) is 0.110. The maximum atomic E-state index is 13.9. The molecule has 8 heteroatoms. The Kier molecular flexibility index (Phi) is 8.36. The maximum Gasteiger partial charge on any atom is 0.330 e. The van der Waals surface area contributed by atoms with Gasteiger partial charge in [0.05, 0.1) is 5.92 Å². The second kappa shape index (κ2) is 12.4. The topological polar surface area (TPSA) is 89.5 Å². The zero-order valence-corrected chi connectivity index (χ0v) is 25.7. The number of methoxy groups -OCH3 is 2. The largest absolute Gasteiger partial charge is 0.489 e. The third-order valence-electron chi connectivity index (χ3n) is 8.89. The molecule has 0 saturated carbocycles. The van der Waals surface area contributed by atoms with Crippen LogP contribution in [0.5, 0.6) is 11.5 Å². The summed E-state index contributed by atoms with van der Waals surface area (Å²) in [5.74, 6) is -0.221. The minimum Gasteiger partial charge on any atom is -0.489 e. The van der Waals surface area contributed by atoms with Gasteiger partial charge < -0.3 is 28.4 Å². The average molecular weight is 609 g/mol. The van der Waals surface area contributed by atoms with Gasteiger partial charge in [-0.15, -0.1) is 0 Å². The van der Waals surface area contributed by atoms with E-state index in [1.165, 1.54) is 0 Å². The molecule has 0 saturated heterocycles. The van der Waals surface area contributed by atoms with E-state index in [0.717, 1.165) is 44.7 Å². The molecule has 3 unspecified atom stereocenters. The number of carbonyl (C=O) groups is 2. The van der Waals surface area contributed by atoms with E-state index in [0.29, 0.717) is 17.9 Å². The molecule has 0 radical (unpaired) electrons. The Balaban J connectivity index is 1.17. The monoisotopic (exact) mass is 608 g/mol. The zero-order chi connectivity index (χ0) is 31.6. The van der Waals surface area contributed by atoms with Crippen molar-refractivity contribution in [1.82, 2.24) is 0 Å². The lowest BCUT2D eigenvalue weighted by atomic mass is 9.54. The van der Waals surface area contributed by atoms with Crippen molar-refractivity contribution in [3.05, 3.63) is 119 Å². The number of hydrogen-bond donors (Lipinski definition) is 0. The summed E-state index contributed by atoms with van der Waals surface area (Å²) in [4.78, 5) is 25.2. The Bertz CT molecular complexity index is 1760. The van der Waals surface area contributed by atoms with Crippen LogP contribution >= 0.6 is 0 Å². The van der Waals surface area contributed by atoms with E-state index >= 15 is 0 Å². The highest BCUT2D eigenvalue weighted by Gasteiger charge is 2.64. The Hall–Kier alpha value is -4.66.